The van der Waals surface area contributed by atoms with Crippen LogP contribution in [0.5, 0.6) is 0 Å². The molecule has 1 heterocycles. The third-order valence-electron chi connectivity index (χ3n) is 5.35. The molecule has 3 aromatic carbocycles. The van der Waals surface area contributed by atoms with Gasteiger partial charge in [-0.2, -0.15) is 0 Å². The van der Waals surface area contributed by atoms with Crippen molar-refractivity contribution in [2.24, 2.45) is 0 Å². The number of benzene rings is 3. The Labute approximate surface area is 180 Å². The molecule has 0 aliphatic carbocycles. The fourth-order valence-electron chi connectivity index (χ4n) is 3.83. The highest BCUT2D eigenvalue weighted by Gasteiger charge is 2.18. The van der Waals surface area contributed by atoms with Crippen LogP contribution in [0.25, 0.3) is 22.0 Å². The Bertz CT molecular complexity index is 1150. The van der Waals surface area contributed by atoms with E-state index in [1.165, 1.54) is 12.8 Å². The molecule has 4 aromatic rings. The van der Waals surface area contributed by atoms with E-state index in [-0.39, 0.29) is 5.78 Å². The number of unbranched alkanes of at least 4 members (excludes halogenated alkanes) is 2. The number of hydrogen-bond acceptors (Lipinski definition) is 1. The van der Waals surface area contributed by atoms with Gasteiger partial charge in [0, 0.05) is 39.6 Å². The quantitative estimate of drug-likeness (QED) is 0.213. The molecule has 4 rings (SSSR count). The maximum Gasteiger partial charge on any atom is 0.195 e. The number of rotatable bonds is 7. The van der Waals surface area contributed by atoms with Gasteiger partial charge in [-0.05, 0) is 29.3 Å². The second-order valence-electron chi connectivity index (χ2n) is 7.35. The molecule has 2 nitrogen and oxygen atoms in total. The lowest BCUT2D eigenvalue weighted by Crippen LogP contribution is -2.02. The average Bonchev–Trinajstić information content (AvgIpc) is 3.17. The van der Waals surface area contributed by atoms with Crippen molar-refractivity contribution in [2.45, 2.75) is 32.7 Å². The number of carbonyl (C=O) groups is 1. The van der Waals surface area contributed by atoms with Crippen LogP contribution < -0.4 is 0 Å². The SMILES string of the molecule is CCCCCn1cc(C(=O)c2cccc3ccccc23)cc1-c1ccccc1Br. The van der Waals surface area contributed by atoms with Crippen LogP contribution in [0, 0.1) is 0 Å². The lowest BCUT2D eigenvalue weighted by atomic mass is 9.98. The minimum absolute atomic E-state index is 0.0735. The van der Waals surface area contributed by atoms with Crippen LogP contribution in [0.3, 0.4) is 0 Å². The van der Waals surface area contributed by atoms with E-state index in [1.54, 1.807) is 0 Å². The van der Waals surface area contributed by atoms with E-state index in [9.17, 15) is 4.79 Å². The van der Waals surface area contributed by atoms with E-state index < -0.39 is 0 Å². The van der Waals surface area contributed by atoms with Crippen LogP contribution in [-0.2, 0) is 6.54 Å². The third kappa shape index (κ3) is 4.06. The largest absolute Gasteiger partial charge is 0.347 e. The summed E-state index contributed by atoms with van der Waals surface area (Å²) in [5.74, 6) is 0.0735. The Morgan fingerprint density at radius 1 is 0.931 bits per heavy atom. The smallest absolute Gasteiger partial charge is 0.195 e. The summed E-state index contributed by atoms with van der Waals surface area (Å²) in [7, 11) is 0. The van der Waals surface area contributed by atoms with Gasteiger partial charge in [0.15, 0.2) is 5.78 Å². The van der Waals surface area contributed by atoms with Crippen LogP contribution in [0.1, 0.15) is 42.1 Å². The standard InChI is InChI=1S/C26H24BrNO/c1-2-3-8-16-28-18-20(17-25(28)23-13-6-7-15-24(23)27)26(29)22-14-9-11-19-10-4-5-12-21(19)22/h4-7,9-15,17-18H,2-3,8,16H2,1H3. The van der Waals surface area contributed by atoms with Crippen LogP contribution in [0.4, 0.5) is 0 Å². The maximum atomic E-state index is 13.4. The average molecular weight is 446 g/mol. The van der Waals surface area contributed by atoms with Gasteiger partial charge in [-0.3, -0.25) is 4.79 Å². The van der Waals surface area contributed by atoms with E-state index in [0.29, 0.717) is 0 Å². The highest BCUT2D eigenvalue weighted by atomic mass is 79.9. The zero-order valence-electron chi connectivity index (χ0n) is 16.6. The number of aryl methyl sites for hydroxylation is 1. The predicted molar refractivity (Wildman–Crippen MR) is 124 cm³/mol. The molecule has 146 valence electrons. The highest BCUT2D eigenvalue weighted by Crippen LogP contribution is 2.31. The van der Waals surface area contributed by atoms with Gasteiger partial charge in [0.25, 0.3) is 0 Å². The first-order valence-corrected chi connectivity index (χ1v) is 11.0. The molecule has 0 radical (unpaired) electrons. The maximum absolute atomic E-state index is 13.4. The fraction of sp³-hybridized carbons (Fsp3) is 0.192. The molecule has 0 N–H and O–H groups in total. The molecule has 0 unspecified atom stereocenters. The van der Waals surface area contributed by atoms with Crippen molar-refractivity contribution in [3.8, 4) is 11.3 Å². The Kier molecular flexibility index (Phi) is 5.96. The van der Waals surface area contributed by atoms with Crippen molar-refractivity contribution in [1.29, 1.82) is 0 Å². The van der Waals surface area contributed by atoms with Gasteiger partial charge in [0.05, 0.1) is 0 Å². The summed E-state index contributed by atoms with van der Waals surface area (Å²) in [6, 6.07) is 24.2. The first-order chi connectivity index (χ1) is 14.2. The van der Waals surface area contributed by atoms with E-state index in [0.717, 1.165) is 50.6 Å². The molecule has 0 fully saturated rings. The molecule has 0 saturated carbocycles. The van der Waals surface area contributed by atoms with Gasteiger partial charge in [0.2, 0.25) is 0 Å². The van der Waals surface area contributed by atoms with Crippen molar-refractivity contribution >= 4 is 32.5 Å². The normalized spacial score (nSPS) is 11.1. The Hall–Kier alpha value is -2.65. The summed E-state index contributed by atoms with van der Waals surface area (Å²) >= 11 is 3.67. The van der Waals surface area contributed by atoms with Gasteiger partial charge in [-0.25, -0.2) is 0 Å². The van der Waals surface area contributed by atoms with Crippen molar-refractivity contribution in [2.75, 3.05) is 0 Å². The summed E-state index contributed by atoms with van der Waals surface area (Å²) in [6.45, 7) is 3.12. The summed E-state index contributed by atoms with van der Waals surface area (Å²) < 4.78 is 3.27. The summed E-state index contributed by atoms with van der Waals surface area (Å²) in [4.78, 5) is 13.4. The number of halogens is 1. The van der Waals surface area contributed by atoms with E-state index in [2.05, 4.69) is 45.6 Å². The number of fused-ring (bicyclic) bond motifs is 1. The van der Waals surface area contributed by atoms with Crippen molar-refractivity contribution in [1.82, 2.24) is 4.57 Å². The molecule has 0 saturated heterocycles. The molecule has 0 bridgehead atoms. The first kappa shape index (κ1) is 19.7. The van der Waals surface area contributed by atoms with Gasteiger partial charge >= 0.3 is 0 Å². The summed E-state index contributed by atoms with van der Waals surface area (Å²) in [5.41, 5.74) is 3.69. The van der Waals surface area contributed by atoms with Crippen molar-refractivity contribution < 1.29 is 4.79 Å². The molecule has 0 spiro atoms. The molecule has 3 heteroatoms. The Morgan fingerprint density at radius 3 is 2.52 bits per heavy atom. The molecule has 0 aliphatic heterocycles. The van der Waals surface area contributed by atoms with Crippen molar-refractivity contribution in [3.63, 3.8) is 0 Å². The van der Waals surface area contributed by atoms with E-state index >= 15 is 0 Å². The predicted octanol–water partition coefficient (Wildman–Crippen LogP) is 7.49. The number of ketones is 1. The first-order valence-electron chi connectivity index (χ1n) is 10.2. The van der Waals surface area contributed by atoms with Crippen LogP contribution in [0.2, 0.25) is 0 Å². The second kappa shape index (κ2) is 8.79. The van der Waals surface area contributed by atoms with Gasteiger partial charge in [-0.15, -0.1) is 0 Å². The number of hydrogen-bond donors (Lipinski definition) is 0. The summed E-state index contributed by atoms with van der Waals surface area (Å²) in [5, 5.41) is 2.09. The van der Waals surface area contributed by atoms with Gasteiger partial charge in [0.1, 0.15) is 0 Å². The molecule has 1 aromatic heterocycles. The number of nitrogens with zero attached hydrogens (tertiary/aromatic N) is 1. The fourth-order valence-corrected chi connectivity index (χ4v) is 4.31. The zero-order chi connectivity index (χ0) is 20.2. The minimum atomic E-state index is 0.0735. The molecular formula is C26H24BrNO. The number of aromatic nitrogens is 1. The monoisotopic (exact) mass is 445 g/mol. The summed E-state index contributed by atoms with van der Waals surface area (Å²) in [6.07, 6.45) is 5.48. The molecular weight excluding hydrogens is 422 g/mol. The molecule has 0 aliphatic rings. The van der Waals surface area contributed by atoms with Crippen LogP contribution in [0.15, 0.2) is 83.5 Å². The lowest BCUT2D eigenvalue weighted by Gasteiger charge is -2.10. The highest BCUT2D eigenvalue weighted by molar-refractivity contribution is 9.10. The Morgan fingerprint density at radius 2 is 1.69 bits per heavy atom. The molecule has 29 heavy (non-hydrogen) atoms. The minimum Gasteiger partial charge on any atom is -0.347 e. The topological polar surface area (TPSA) is 22.0 Å². The third-order valence-corrected chi connectivity index (χ3v) is 6.04. The van der Waals surface area contributed by atoms with Crippen LogP contribution >= 0.6 is 15.9 Å². The van der Waals surface area contributed by atoms with Crippen molar-refractivity contribution in [3.05, 3.63) is 94.6 Å². The Balaban J connectivity index is 1.78. The van der Waals surface area contributed by atoms with Crippen LogP contribution in [-0.4, -0.2) is 10.4 Å². The molecule has 0 amide bonds. The van der Waals surface area contributed by atoms with Gasteiger partial charge < -0.3 is 4.57 Å². The molecule has 0 atom stereocenters. The zero-order valence-corrected chi connectivity index (χ0v) is 18.2. The number of carbonyl (C=O) groups excluding carboxylic acids is 1. The van der Waals surface area contributed by atoms with Gasteiger partial charge in [-0.1, -0.05) is 96.4 Å². The van der Waals surface area contributed by atoms with E-state index in [4.69, 9.17) is 0 Å². The second-order valence-corrected chi connectivity index (χ2v) is 8.20. The van der Waals surface area contributed by atoms with E-state index in [1.807, 2.05) is 60.8 Å². The lowest BCUT2D eigenvalue weighted by molar-refractivity contribution is 0.104.